The standard InChI is InChI=1S/C20H18O5/c1-14-8-10-17(11-9-14)25-19(22)12-15(2)20(23)24-13-18(21)16-6-4-3-5-7-16/h3-11H,2,12-13H2,1H3. The molecule has 128 valence electrons. The number of carbonyl (C=O) groups is 3. The van der Waals surface area contributed by atoms with Gasteiger partial charge in [-0.2, -0.15) is 0 Å². The molecule has 0 unspecified atom stereocenters. The molecule has 2 rings (SSSR count). The topological polar surface area (TPSA) is 69.7 Å². The number of hydrogen-bond donors (Lipinski definition) is 0. The first-order valence-electron chi connectivity index (χ1n) is 7.66. The van der Waals surface area contributed by atoms with Crippen LogP contribution in [0.2, 0.25) is 0 Å². The molecule has 0 saturated carbocycles. The van der Waals surface area contributed by atoms with E-state index < -0.39 is 18.5 Å². The fourth-order valence-corrected chi connectivity index (χ4v) is 1.96. The molecular formula is C20H18O5. The fourth-order valence-electron chi connectivity index (χ4n) is 1.96. The second-order valence-electron chi connectivity index (χ2n) is 5.43. The van der Waals surface area contributed by atoms with Crippen LogP contribution in [0.25, 0.3) is 0 Å². The summed E-state index contributed by atoms with van der Waals surface area (Å²) >= 11 is 0. The first-order valence-corrected chi connectivity index (χ1v) is 7.66. The van der Waals surface area contributed by atoms with Gasteiger partial charge in [0, 0.05) is 11.1 Å². The summed E-state index contributed by atoms with van der Waals surface area (Å²) in [4.78, 5) is 35.5. The summed E-state index contributed by atoms with van der Waals surface area (Å²) in [5.74, 6) is -1.37. The molecular weight excluding hydrogens is 320 g/mol. The summed E-state index contributed by atoms with van der Waals surface area (Å²) in [7, 11) is 0. The Morgan fingerprint density at radius 1 is 0.960 bits per heavy atom. The molecule has 0 aliphatic carbocycles. The van der Waals surface area contributed by atoms with E-state index in [0.29, 0.717) is 11.3 Å². The Morgan fingerprint density at radius 2 is 1.60 bits per heavy atom. The number of aryl methyl sites for hydroxylation is 1. The second-order valence-corrected chi connectivity index (χ2v) is 5.43. The van der Waals surface area contributed by atoms with E-state index in [-0.39, 0.29) is 17.8 Å². The first kappa shape index (κ1) is 18.1. The van der Waals surface area contributed by atoms with E-state index in [9.17, 15) is 14.4 Å². The zero-order chi connectivity index (χ0) is 18.2. The maximum atomic E-state index is 11.9. The molecule has 2 aromatic carbocycles. The number of hydrogen-bond acceptors (Lipinski definition) is 5. The normalized spacial score (nSPS) is 9.96. The smallest absolute Gasteiger partial charge is 0.334 e. The van der Waals surface area contributed by atoms with E-state index in [2.05, 4.69) is 6.58 Å². The average molecular weight is 338 g/mol. The summed E-state index contributed by atoms with van der Waals surface area (Å²) in [6.45, 7) is 5.02. The largest absolute Gasteiger partial charge is 0.454 e. The van der Waals surface area contributed by atoms with E-state index >= 15 is 0 Å². The number of rotatable bonds is 7. The Balaban J connectivity index is 1.79. The summed E-state index contributed by atoms with van der Waals surface area (Å²) in [6.07, 6.45) is -0.313. The number of ether oxygens (including phenoxy) is 2. The van der Waals surface area contributed by atoms with Gasteiger partial charge in [0.05, 0.1) is 6.42 Å². The summed E-state index contributed by atoms with van der Waals surface area (Å²) < 4.78 is 10.0. The SMILES string of the molecule is C=C(CC(=O)Oc1ccc(C)cc1)C(=O)OCC(=O)c1ccccc1. The number of Topliss-reactive ketones (excluding diaryl/α,β-unsaturated/α-hetero) is 1. The number of esters is 2. The van der Waals surface area contributed by atoms with Crippen LogP contribution in [0, 0.1) is 6.92 Å². The van der Waals surface area contributed by atoms with Crippen molar-refractivity contribution in [3.8, 4) is 5.75 Å². The molecule has 0 heterocycles. The molecule has 0 atom stereocenters. The molecule has 0 amide bonds. The van der Waals surface area contributed by atoms with Crippen molar-refractivity contribution in [1.29, 1.82) is 0 Å². The van der Waals surface area contributed by atoms with E-state index in [4.69, 9.17) is 9.47 Å². The lowest BCUT2D eigenvalue weighted by Gasteiger charge is -2.07. The summed E-state index contributed by atoms with van der Waals surface area (Å²) in [5.41, 5.74) is 1.41. The number of ketones is 1. The monoisotopic (exact) mass is 338 g/mol. The fraction of sp³-hybridized carbons (Fsp3) is 0.150. The third kappa shape index (κ3) is 5.73. The lowest BCUT2D eigenvalue weighted by atomic mass is 10.1. The third-order valence-corrected chi connectivity index (χ3v) is 3.33. The Hall–Kier alpha value is -3.21. The second kappa shape index (κ2) is 8.59. The van der Waals surface area contributed by atoms with E-state index in [1.54, 1.807) is 54.6 Å². The van der Waals surface area contributed by atoms with Crippen molar-refractivity contribution < 1.29 is 23.9 Å². The minimum atomic E-state index is -0.801. The molecule has 0 N–H and O–H groups in total. The molecule has 0 spiro atoms. The van der Waals surface area contributed by atoms with Gasteiger partial charge in [-0.15, -0.1) is 0 Å². The number of benzene rings is 2. The highest BCUT2D eigenvalue weighted by molar-refractivity contribution is 6.00. The predicted molar refractivity (Wildman–Crippen MR) is 92.3 cm³/mol. The molecule has 2 aromatic rings. The van der Waals surface area contributed by atoms with Gasteiger partial charge in [-0.3, -0.25) is 9.59 Å². The van der Waals surface area contributed by atoms with Crippen LogP contribution in [0.5, 0.6) is 5.75 Å². The zero-order valence-corrected chi connectivity index (χ0v) is 13.9. The van der Waals surface area contributed by atoms with Gasteiger partial charge < -0.3 is 9.47 Å². The lowest BCUT2D eigenvalue weighted by Crippen LogP contribution is -2.18. The van der Waals surface area contributed by atoms with Crippen LogP contribution in [-0.4, -0.2) is 24.3 Å². The minimum Gasteiger partial charge on any atom is -0.454 e. The summed E-state index contributed by atoms with van der Waals surface area (Å²) in [5, 5.41) is 0. The third-order valence-electron chi connectivity index (χ3n) is 3.33. The zero-order valence-electron chi connectivity index (χ0n) is 13.9. The molecule has 5 nitrogen and oxygen atoms in total. The van der Waals surface area contributed by atoms with Crippen LogP contribution in [0.1, 0.15) is 22.3 Å². The van der Waals surface area contributed by atoms with Gasteiger partial charge in [-0.05, 0) is 19.1 Å². The van der Waals surface area contributed by atoms with Crippen LogP contribution in [-0.2, 0) is 14.3 Å². The molecule has 0 aliphatic heterocycles. The molecule has 0 fully saturated rings. The molecule has 5 heteroatoms. The van der Waals surface area contributed by atoms with Gasteiger partial charge in [-0.1, -0.05) is 54.6 Å². The summed E-state index contributed by atoms with van der Waals surface area (Å²) in [6, 6.07) is 15.4. The van der Waals surface area contributed by atoms with Gasteiger partial charge in [-0.25, -0.2) is 4.79 Å². The van der Waals surface area contributed by atoms with Gasteiger partial charge in [0.1, 0.15) is 5.75 Å². The predicted octanol–water partition coefficient (Wildman–Crippen LogP) is 3.27. The van der Waals surface area contributed by atoms with Crippen molar-refractivity contribution in [2.45, 2.75) is 13.3 Å². The Labute approximate surface area is 145 Å². The minimum absolute atomic E-state index is 0.0713. The first-order chi connectivity index (χ1) is 12.0. The molecule has 0 saturated heterocycles. The lowest BCUT2D eigenvalue weighted by molar-refractivity contribution is -0.141. The highest BCUT2D eigenvalue weighted by atomic mass is 16.5. The molecule has 0 radical (unpaired) electrons. The molecule has 0 aromatic heterocycles. The van der Waals surface area contributed by atoms with Crippen LogP contribution in [0.3, 0.4) is 0 Å². The van der Waals surface area contributed by atoms with Crippen molar-refractivity contribution in [3.63, 3.8) is 0 Å². The van der Waals surface area contributed by atoms with Crippen LogP contribution in [0.4, 0.5) is 0 Å². The van der Waals surface area contributed by atoms with Crippen molar-refractivity contribution >= 4 is 17.7 Å². The van der Waals surface area contributed by atoms with E-state index in [0.717, 1.165) is 5.56 Å². The van der Waals surface area contributed by atoms with Gasteiger partial charge in [0.15, 0.2) is 12.4 Å². The Bertz CT molecular complexity index is 775. The van der Waals surface area contributed by atoms with Crippen molar-refractivity contribution in [2.75, 3.05) is 6.61 Å². The van der Waals surface area contributed by atoms with Crippen LogP contribution >= 0.6 is 0 Å². The van der Waals surface area contributed by atoms with Crippen molar-refractivity contribution in [2.24, 2.45) is 0 Å². The van der Waals surface area contributed by atoms with Crippen LogP contribution in [0.15, 0.2) is 66.7 Å². The van der Waals surface area contributed by atoms with Crippen LogP contribution < -0.4 is 4.74 Å². The maximum Gasteiger partial charge on any atom is 0.334 e. The molecule has 0 aliphatic rings. The van der Waals surface area contributed by atoms with E-state index in [1.807, 2.05) is 6.92 Å². The van der Waals surface area contributed by atoms with Gasteiger partial charge in [0.25, 0.3) is 0 Å². The quantitative estimate of drug-likeness (QED) is 0.335. The van der Waals surface area contributed by atoms with Crippen molar-refractivity contribution in [3.05, 3.63) is 77.9 Å². The average Bonchev–Trinajstić information content (AvgIpc) is 2.62. The van der Waals surface area contributed by atoms with Crippen molar-refractivity contribution in [1.82, 2.24) is 0 Å². The molecule has 0 bridgehead atoms. The van der Waals surface area contributed by atoms with Gasteiger partial charge in [0.2, 0.25) is 0 Å². The van der Waals surface area contributed by atoms with Gasteiger partial charge >= 0.3 is 11.9 Å². The maximum absolute atomic E-state index is 11.9. The number of carbonyl (C=O) groups excluding carboxylic acids is 3. The highest BCUT2D eigenvalue weighted by Gasteiger charge is 2.16. The van der Waals surface area contributed by atoms with E-state index in [1.165, 1.54) is 0 Å². The Morgan fingerprint density at radius 3 is 2.24 bits per heavy atom. The highest BCUT2D eigenvalue weighted by Crippen LogP contribution is 2.13. The Kier molecular flexibility index (Phi) is 6.23. The molecule has 25 heavy (non-hydrogen) atoms.